The van der Waals surface area contributed by atoms with Gasteiger partial charge in [-0.15, -0.1) is 0 Å². The zero-order chi connectivity index (χ0) is 26.3. The lowest BCUT2D eigenvalue weighted by molar-refractivity contribution is -0.134. The van der Waals surface area contributed by atoms with Gasteiger partial charge in [-0.25, -0.2) is 18.4 Å². The van der Waals surface area contributed by atoms with Crippen molar-refractivity contribution in [2.75, 3.05) is 19.0 Å². The Morgan fingerprint density at radius 3 is 2.43 bits per heavy atom. The van der Waals surface area contributed by atoms with Gasteiger partial charge >= 0.3 is 5.97 Å². The summed E-state index contributed by atoms with van der Waals surface area (Å²) >= 11 is 0. The number of aliphatic carboxylic acids is 1. The van der Waals surface area contributed by atoms with E-state index in [9.17, 15) is 13.2 Å². The van der Waals surface area contributed by atoms with E-state index in [0.29, 0.717) is 11.5 Å². The van der Waals surface area contributed by atoms with Crippen molar-refractivity contribution in [2.24, 2.45) is 0 Å². The average molecular weight is 519 g/mol. The number of nitrogens with zero attached hydrogens (tertiary/aromatic N) is 3. The van der Waals surface area contributed by atoms with Crippen LogP contribution >= 0.6 is 0 Å². The van der Waals surface area contributed by atoms with Gasteiger partial charge in [-0.05, 0) is 53.1 Å². The summed E-state index contributed by atoms with van der Waals surface area (Å²) in [6, 6.07) is 25.1. The molecule has 0 radical (unpaired) electrons. The molecule has 0 fully saturated rings. The summed E-state index contributed by atoms with van der Waals surface area (Å²) in [5, 5.41) is 11.6. The number of sulfonamides is 1. The summed E-state index contributed by atoms with van der Waals surface area (Å²) in [5.41, 5.74) is 3.20. The van der Waals surface area contributed by atoms with Crippen molar-refractivity contribution < 1.29 is 23.1 Å². The second-order valence-corrected chi connectivity index (χ2v) is 10.0. The lowest BCUT2D eigenvalue weighted by atomic mass is 10.0. The number of methoxy groups -OCH3 is 1. The van der Waals surface area contributed by atoms with Crippen molar-refractivity contribution in [3.8, 4) is 16.9 Å². The lowest BCUT2D eigenvalue weighted by Gasteiger charge is -2.22. The largest absolute Gasteiger partial charge is 0.497 e. The maximum absolute atomic E-state index is 13.5. The van der Waals surface area contributed by atoms with Crippen LogP contribution in [-0.4, -0.2) is 47.4 Å². The molecule has 2 aromatic carbocycles. The van der Waals surface area contributed by atoms with Crippen molar-refractivity contribution in [1.29, 1.82) is 0 Å². The highest BCUT2D eigenvalue weighted by Crippen LogP contribution is 2.25. The number of nitrogens with one attached hydrogen (secondary N) is 1. The number of carbonyl (C=O) groups is 1. The Morgan fingerprint density at radius 2 is 1.73 bits per heavy atom. The van der Waals surface area contributed by atoms with E-state index in [1.165, 1.54) is 16.6 Å². The van der Waals surface area contributed by atoms with Crippen LogP contribution in [0.4, 0.5) is 5.82 Å². The zero-order valence-electron chi connectivity index (χ0n) is 20.1. The smallest absolute Gasteiger partial charge is 0.322 e. The van der Waals surface area contributed by atoms with Gasteiger partial charge in [0.2, 0.25) is 0 Å². The van der Waals surface area contributed by atoms with Crippen LogP contribution in [0.1, 0.15) is 11.3 Å². The van der Waals surface area contributed by atoms with Gasteiger partial charge in [0.1, 0.15) is 18.1 Å². The van der Waals surface area contributed by atoms with E-state index in [2.05, 4.69) is 15.3 Å². The third-order valence-corrected chi connectivity index (χ3v) is 7.23. The van der Waals surface area contributed by atoms with Crippen LogP contribution < -0.4 is 10.1 Å². The molecule has 37 heavy (non-hydrogen) atoms. The normalized spacial score (nSPS) is 11.3. The number of ether oxygens (including phenoxy) is 1. The molecule has 0 aliphatic rings. The Labute approximate surface area is 215 Å². The highest BCUT2D eigenvalue weighted by atomic mass is 32.2. The number of rotatable bonds is 11. The Balaban J connectivity index is 1.61. The Morgan fingerprint density at radius 1 is 0.946 bits per heavy atom. The molecule has 0 unspecified atom stereocenters. The zero-order valence-corrected chi connectivity index (χ0v) is 20.9. The SMILES string of the molecule is COc1cccc(-c2ccc(CN(Cc3cccc(NCC(=O)O)n3)S(=O)(=O)c3ccccn3)cc2)c1. The molecule has 9 nitrogen and oxygen atoms in total. The van der Waals surface area contributed by atoms with Gasteiger partial charge in [0, 0.05) is 12.7 Å². The van der Waals surface area contributed by atoms with Crippen LogP contribution in [0.25, 0.3) is 11.1 Å². The van der Waals surface area contributed by atoms with Gasteiger partial charge in [0.05, 0.1) is 19.3 Å². The van der Waals surface area contributed by atoms with Crippen molar-refractivity contribution in [3.63, 3.8) is 0 Å². The Kier molecular flexibility index (Phi) is 8.11. The van der Waals surface area contributed by atoms with Crippen LogP contribution in [0.2, 0.25) is 0 Å². The molecule has 2 N–H and O–H groups in total. The summed E-state index contributed by atoms with van der Waals surface area (Å²) in [5.74, 6) is 0.0726. The number of hydrogen-bond acceptors (Lipinski definition) is 7. The molecule has 0 saturated carbocycles. The first kappa shape index (κ1) is 25.8. The average Bonchev–Trinajstić information content (AvgIpc) is 2.92. The number of anilines is 1. The van der Waals surface area contributed by atoms with E-state index >= 15 is 0 Å². The molecule has 0 aliphatic carbocycles. The fourth-order valence-electron chi connectivity index (χ4n) is 3.68. The fraction of sp³-hybridized carbons (Fsp3) is 0.148. The minimum Gasteiger partial charge on any atom is -0.497 e. The summed E-state index contributed by atoms with van der Waals surface area (Å²) < 4.78 is 33.7. The molecular formula is C27H26N4O5S. The molecule has 0 saturated heterocycles. The van der Waals surface area contributed by atoms with Crippen LogP contribution in [0.3, 0.4) is 0 Å². The summed E-state index contributed by atoms with van der Waals surface area (Å²) in [7, 11) is -2.34. The highest BCUT2D eigenvalue weighted by molar-refractivity contribution is 7.89. The quantitative estimate of drug-likeness (QED) is 0.305. The predicted molar refractivity (Wildman–Crippen MR) is 139 cm³/mol. The second-order valence-electron chi connectivity index (χ2n) is 8.13. The molecule has 10 heteroatoms. The van der Waals surface area contributed by atoms with E-state index in [1.54, 1.807) is 37.4 Å². The molecule has 2 aromatic heterocycles. The minimum atomic E-state index is -3.96. The molecule has 0 bridgehead atoms. The van der Waals surface area contributed by atoms with Crippen LogP contribution in [0.15, 0.2) is 96.2 Å². The lowest BCUT2D eigenvalue weighted by Crippen LogP contribution is -2.31. The summed E-state index contributed by atoms with van der Waals surface area (Å²) in [6.07, 6.45) is 1.43. The number of aromatic nitrogens is 2. The van der Waals surface area contributed by atoms with Crippen LogP contribution in [0.5, 0.6) is 5.75 Å². The van der Waals surface area contributed by atoms with E-state index in [-0.39, 0.29) is 24.7 Å². The summed E-state index contributed by atoms with van der Waals surface area (Å²) in [6.45, 7) is -0.239. The maximum atomic E-state index is 13.5. The molecule has 2 heterocycles. The number of hydrogen-bond donors (Lipinski definition) is 2. The predicted octanol–water partition coefficient (Wildman–Crippen LogP) is 4.04. The Bertz CT molecular complexity index is 1460. The number of carboxylic acids is 1. The molecule has 0 amide bonds. The topological polar surface area (TPSA) is 122 Å². The molecule has 0 atom stereocenters. The first-order valence-corrected chi connectivity index (χ1v) is 12.9. The van der Waals surface area contributed by atoms with E-state index in [1.807, 2.05) is 48.5 Å². The third kappa shape index (κ3) is 6.69. The molecular weight excluding hydrogens is 492 g/mol. The number of benzene rings is 2. The third-order valence-electron chi connectivity index (χ3n) is 5.52. The van der Waals surface area contributed by atoms with Crippen molar-refractivity contribution in [2.45, 2.75) is 18.1 Å². The number of pyridine rings is 2. The Hall–Kier alpha value is -4.28. The molecule has 0 aliphatic heterocycles. The van der Waals surface area contributed by atoms with Crippen molar-refractivity contribution in [3.05, 3.63) is 102 Å². The molecule has 4 aromatic rings. The minimum absolute atomic E-state index is 0.0286. The molecule has 4 rings (SSSR count). The number of carboxylic acid groups (broad SMARTS) is 1. The van der Waals surface area contributed by atoms with E-state index < -0.39 is 16.0 Å². The van der Waals surface area contributed by atoms with Gasteiger partial charge in [-0.3, -0.25) is 4.79 Å². The highest BCUT2D eigenvalue weighted by Gasteiger charge is 2.26. The standard InChI is InChI=1S/C27H26N4O5S/c1-36-24-8-4-6-22(16-24)21-13-11-20(12-14-21)18-31(37(34,35)26-10-2-3-15-28-26)19-23-7-5-9-25(30-23)29-17-27(32)33/h2-16H,17-19H2,1H3,(H,29,30)(H,32,33). The first-order chi connectivity index (χ1) is 17.8. The van der Waals surface area contributed by atoms with Gasteiger partial charge in [0.25, 0.3) is 10.0 Å². The van der Waals surface area contributed by atoms with Crippen LogP contribution in [-0.2, 0) is 27.9 Å². The maximum Gasteiger partial charge on any atom is 0.322 e. The van der Waals surface area contributed by atoms with Crippen molar-refractivity contribution >= 4 is 21.8 Å². The van der Waals surface area contributed by atoms with Crippen LogP contribution in [0, 0.1) is 0 Å². The monoisotopic (exact) mass is 518 g/mol. The molecule has 190 valence electrons. The first-order valence-electron chi connectivity index (χ1n) is 11.4. The van der Waals surface area contributed by atoms with Gasteiger partial charge in [0.15, 0.2) is 5.03 Å². The van der Waals surface area contributed by atoms with E-state index in [0.717, 1.165) is 22.4 Å². The molecule has 0 spiro atoms. The summed E-state index contributed by atoms with van der Waals surface area (Å²) in [4.78, 5) is 19.3. The van der Waals surface area contributed by atoms with Gasteiger partial charge in [-0.1, -0.05) is 48.5 Å². The van der Waals surface area contributed by atoms with Crippen molar-refractivity contribution in [1.82, 2.24) is 14.3 Å². The van der Waals surface area contributed by atoms with Gasteiger partial charge < -0.3 is 15.2 Å². The van der Waals surface area contributed by atoms with Gasteiger partial charge in [-0.2, -0.15) is 4.31 Å². The van der Waals surface area contributed by atoms with E-state index in [4.69, 9.17) is 9.84 Å². The second kappa shape index (κ2) is 11.6. The fourth-order valence-corrected chi connectivity index (χ4v) is 5.01.